The van der Waals surface area contributed by atoms with Crippen LogP contribution in [0.25, 0.3) is 0 Å². The second kappa shape index (κ2) is 5.38. The molecular weight excluding hydrogens is 304 g/mol. The van der Waals surface area contributed by atoms with Gasteiger partial charge in [-0.15, -0.1) is 0 Å². The largest absolute Gasteiger partial charge is 0.333 e. The number of hydrogen-bond acceptors (Lipinski definition) is 2. The summed E-state index contributed by atoms with van der Waals surface area (Å²) in [5, 5.41) is 3.85. The minimum atomic E-state index is 0.0355. The first-order valence-corrected chi connectivity index (χ1v) is 6.73. The van der Waals surface area contributed by atoms with Crippen LogP contribution in [-0.2, 0) is 0 Å². The molecule has 3 nitrogen and oxygen atoms in total. The van der Waals surface area contributed by atoms with Gasteiger partial charge in [0.2, 0.25) is 0 Å². The zero-order valence-electron chi connectivity index (χ0n) is 9.54. The molecule has 1 aromatic carbocycles. The lowest BCUT2D eigenvalue weighted by atomic mass is 10.1. The van der Waals surface area contributed by atoms with Crippen LogP contribution in [-0.4, -0.2) is 36.5 Å². The monoisotopic (exact) mass is 316 g/mol. The van der Waals surface area contributed by atoms with Crippen molar-refractivity contribution in [2.75, 3.05) is 19.6 Å². The number of rotatable bonds is 1. The first-order valence-electron chi connectivity index (χ1n) is 5.56. The number of piperazine rings is 1. The molecule has 1 heterocycles. The Bertz CT molecular complexity index is 439. The summed E-state index contributed by atoms with van der Waals surface area (Å²) in [6.45, 7) is 4.46. The zero-order valence-corrected chi connectivity index (χ0v) is 11.9. The van der Waals surface area contributed by atoms with Crippen molar-refractivity contribution < 1.29 is 4.79 Å². The van der Waals surface area contributed by atoms with E-state index in [-0.39, 0.29) is 11.9 Å². The summed E-state index contributed by atoms with van der Waals surface area (Å²) in [4.78, 5) is 14.3. The van der Waals surface area contributed by atoms with Crippen molar-refractivity contribution in [1.82, 2.24) is 10.2 Å². The first kappa shape index (κ1) is 12.9. The topological polar surface area (TPSA) is 32.3 Å². The van der Waals surface area contributed by atoms with E-state index in [0.717, 1.165) is 24.1 Å². The highest BCUT2D eigenvalue weighted by molar-refractivity contribution is 9.10. The van der Waals surface area contributed by atoms with E-state index in [1.807, 2.05) is 17.9 Å². The molecule has 1 N–H and O–H groups in total. The van der Waals surface area contributed by atoms with Gasteiger partial charge in [-0.3, -0.25) is 4.79 Å². The van der Waals surface area contributed by atoms with Crippen LogP contribution in [0.2, 0.25) is 5.02 Å². The number of halogens is 2. The molecule has 0 aromatic heterocycles. The quantitative estimate of drug-likeness (QED) is 0.863. The summed E-state index contributed by atoms with van der Waals surface area (Å²) in [6.07, 6.45) is 0. The van der Waals surface area contributed by atoms with E-state index >= 15 is 0 Å². The maximum Gasteiger partial charge on any atom is 0.255 e. The molecule has 0 aliphatic carbocycles. The molecule has 5 heteroatoms. The van der Waals surface area contributed by atoms with E-state index in [1.165, 1.54) is 0 Å². The third-order valence-electron chi connectivity index (χ3n) is 2.92. The molecule has 0 spiro atoms. The van der Waals surface area contributed by atoms with Crippen molar-refractivity contribution in [2.45, 2.75) is 13.0 Å². The van der Waals surface area contributed by atoms with Gasteiger partial charge in [-0.25, -0.2) is 0 Å². The standard InChI is InChI=1S/C12H14BrClN2O/c1-8-7-15-4-5-16(8)12(17)10-6-9(14)2-3-11(10)13/h2-3,6,8,15H,4-5,7H2,1H3/t8-/m0/s1. The average Bonchev–Trinajstić information content (AvgIpc) is 2.32. The lowest BCUT2D eigenvalue weighted by Crippen LogP contribution is -2.52. The predicted octanol–water partition coefficient (Wildman–Crippen LogP) is 2.54. The van der Waals surface area contributed by atoms with Crippen molar-refractivity contribution in [3.8, 4) is 0 Å². The van der Waals surface area contributed by atoms with Crippen LogP contribution in [0, 0.1) is 0 Å². The van der Waals surface area contributed by atoms with Crippen LogP contribution >= 0.6 is 27.5 Å². The minimum absolute atomic E-state index is 0.0355. The molecule has 2 rings (SSSR count). The smallest absolute Gasteiger partial charge is 0.255 e. The highest BCUT2D eigenvalue weighted by Gasteiger charge is 2.25. The fourth-order valence-corrected chi connectivity index (χ4v) is 2.55. The molecule has 1 aliphatic rings. The molecule has 0 bridgehead atoms. The summed E-state index contributed by atoms with van der Waals surface area (Å²) in [5.41, 5.74) is 0.631. The normalized spacial score (nSPS) is 20.4. The van der Waals surface area contributed by atoms with Gasteiger partial charge < -0.3 is 10.2 Å². The fraction of sp³-hybridized carbons (Fsp3) is 0.417. The fourth-order valence-electron chi connectivity index (χ4n) is 1.96. The lowest BCUT2D eigenvalue weighted by molar-refractivity contribution is 0.0655. The van der Waals surface area contributed by atoms with Gasteiger partial charge in [0.1, 0.15) is 0 Å². The van der Waals surface area contributed by atoms with Crippen LogP contribution in [0.4, 0.5) is 0 Å². The van der Waals surface area contributed by atoms with E-state index < -0.39 is 0 Å². The summed E-state index contributed by atoms with van der Waals surface area (Å²) in [5.74, 6) is 0.0355. The lowest BCUT2D eigenvalue weighted by Gasteiger charge is -2.34. The summed E-state index contributed by atoms with van der Waals surface area (Å²) in [6, 6.07) is 5.50. The SMILES string of the molecule is C[C@H]1CNCCN1C(=O)c1cc(Cl)ccc1Br. The molecule has 1 saturated heterocycles. The van der Waals surface area contributed by atoms with Crippen molar-refractivity contribution in [2.24, 2.45) is 0 Å². The van der Waals surface area contributed by atoms with Crippen LogP contribution in [0.1, 0.15) is 17.3 Å². The summed E-state index contributed by atoms with van der Waals surface area (Å²) < 4.78 is 0.789. The van der Waals surface area contributed by atoms with Gasteiger partial charge in [-0.05, 0) is 41.1 Å². The van der Waals surface area contributed by atoms with E-state index in [2.05, 4.69) is 21.2 Å². The Kier molecular flexibility index (Phi) is 4.07. The maximum absolute atomic E-state index is 12.4. The highest BCUT2D eigenvalue weighted by Crippen LogP contribution is 2.23. The Balaban J connectivity index is 2.26. The zero-order chi connectivity index (χ0) is 12.4. The van der Waals surface area contributed by atoms with E-state index in [4.69, 9.17) is 11.6 Å². The van der Waals surface area contributed by atoms with Gasteiger partial charge >= 0.3 is 0 Å². The van der Waals surface area contributed by atoms with Crippen LogP contribution in [0.5, 0.6) is 0 Å². The van der Waals surface area contributed by atoms with Crippen LogP contribution < -0.4 is 5.32 Å². The number of nitrogens with one attached hydrogen (secondary N) is 1. The Morgan fingerprint density at radius 1 is 1.59 bits per heavy atom. The molecule has 1 aromatic rings. The van der Waals surface area contributed by atoms with Crippen molar-refractivity contribution in [1.29, 1.82) is 0 Å². The average molecular weight is 318 g/mol. The van der Waals surface area contributed by atoms with Crippen molar-refractivity contribution >= 4 is 33.4 Å². The molecule has 0 unspecified atom stereocenters. The van der Waals surface area contributed by atoms with Gasteiger partial charge in [-0.1, -0.05) is 11.6 Å². The number of amides is 1. The number of carbonyl (C=O) groups is 1. The minimum Gasteiger partial charge on any atom is -0.333 e. The van der Waals surface area contributed by atoms with E-state index in [9.17, 15) is 4.79 Å². The predicted molar refractivity (Wildman–Crippen MR) is 72.5 cm³/mol. The summed E-state index contributed by atoms with van der Waals surface area (Å²) in [7, 11) is 0. The Hall–Kier alpha value is -0.580. The number of carbonyl (C=O) groups excluding carboxylic acids is 1. The van der Waals surface area contributed by atoms with Gasteiger partial charge in [-0.2, -0.15) is 0 Å². The molecule has 1 atom stereocenters. The molecule has 0 saturated carbocycles. The van der Waals surface area contributed by atoms with Crippen molar-refractivity contribution in [3.05, 3.63) is 33.3 Å². The number of benzene rings is 1. The van der Waals surface area contributed by atoms with Gasteiger partial charge in [0, 0.05) is 35.2 Å². The Labute approximate surface area is 114 Å². The van der Waals surface area contributed by atoms with Gasteiger partial charge in [0.15, 0.2) is 0 Å². The van der Waals surface area contributed by atoms with Crippen molar-refractivity contribution in [3.63, 3.8) is 0 Å². The van der Waals surface area contributed by atoms with E-state index in [0.29, 0.717) is 10.6 Å². The van der Waals surface area contributed by atoms with Crippen LogP contribution in [0.3, 0.4) is 0 Å². The number of nitrogens with zero attached hydrogens (tertiary/aromatic N) is 1. The molecule has 1 aliphatic heterocycles. The molecule has 0 radical (unpaired) electrons. The third kappa shape index (κ3) is 2.81. The second-order valence-corrected chi connectivity index (χ2v) is 5.47. The highest BCUT2D eigenvalue weighted by atomic mass is 79.9. The van der Waals surface area contributed by atoms with Crippen LogP contribution in [0.15, 0.2) is 22.7 Å². The molecule has 17 heavy (non-hydrogen) atoms. The Morgan fingerprint density at radius 3 is 3.06 bits per heavy atom. The molecule has 92 valence electrons. The van der Waals surface area contributed by atoms with E-state index in [1.54, 1.807) is 12.1 Å². The number of hydrogen-bond donors (Lipinski definition) is 1. The summed E-state index contributed by atoms with van der Waals surface area (Å²) >= 11 is 9.33. The second-order valence-electron chi connectivity index (χ2n) is 4.18. The third-order valence-corrected chi connectivity index (χ3v) is 3.85. The molecule has 1 fully saturated rings. The Morgan fingerprint density at radius 2 is 2.35 bits per heavy atom. The van der Waals surface area contributed by atoms with Gasteiger partial charge in [0.25, 0.3) is 5.91 Å². The first-order chi connectivity index (χ1) is 8.09. The molecular formula is C12H14BrClN2O. The van der Waals surface area contributed by atoms with Gasteiger partial charge in [0.05, 0.1) is 5.56 Å². The maximum atomic E-state index is 12.4. The molecule has 1 amide bonds.